The summed E-state index contributed by atoms with van der Waals surface area (Å²) in [6.07, 6.45) is 3.52. The summed E-state index contributed by atoms with van der Waals surface area (Å²) in [5.74, 6) is 0.264. The SMILES string of the molecule is NCC1CCCN(S(=O)(=O)NCc2ccccn2)C1. The molecular weight excluding hydrogens is 264 g/mol. The van der Waals surface area contributed by atoms with Crippen molar-refractivity contribution in [3.63, 3.8) is 0 Å². The number of hydrogen-bond acceptors (Lipinski definition) is 4. The van der Waals surface area contributed by atoms with Gasteiger partial charge in [-0.3, -0.25) is 4.98 Å². The molecule has 1 aliphatic rings. The highest BCUT2D eigenvalue weighted by Gasteiger charge is 2.27. The van der Waals surface area contributed by atoms with Crippen LogP contribution in [0, 0.1) is 5.92 Å². The third kappa shape index (κ3) is 3.97. The van der Waals surface area contributed by atoms with E-state index in [0.29, 0.717) is 25.3 Å². The molecule has 6 nitrogen and oxygen atoms in total. The summed E-state index contributed by atoms with van der Waals surface area (Å²) in [5.41, 5.74) is 6.33. The van der Waals surface area contributed by atoms with Crippen LogP contribution < -0.4 is 10.5 Å². The minimum absolute atomic E-state index is 0.215. The van der Waals surface area contributed by atoms with Crippen molar-refractivity contribution in [3.05, 3.63) is 30.1 Å². The number of rotatable bonds is 5. The van der Waals surface area contributed by atoms with Crippen molar-refractivity contribution in [2.24, 2.45) is 11.7 Å². The zero-order valence-electron chi connectivity index (χ0n) is 10.8. The Morgan fingerprint density at radius 3 is 3.00 bits per heavy atom. The molecule has 7 heteroatoms. The quantitative estimate of drug-likeness (QED) is 0.802. The molecule has 0 amide bonds. The van der Waals surface area contributed by atoms with Gasteiger partial charge < -0.3 is 5.73 Å². The van der Waals surface area contributed by atoms with Crippen LogP contribution in [0.4, 0.5) is 0 Å². The molecule has 0 saturated carbocycles. The van der Waals surface area contributed by atoms with E-state index in [9.17, 15) is 8.42 Å². The predicted molar refractivity (Wildman–Crippen MR) is 73.3 cm³/mol. The number of piperidine rings is 1. The fourth-order valence-corrected chi connectivity index (χ4v) is 3.49. The van der Waals surface area contributed by atoms with E-state index < -0.39 is 10.2 Å². The molecule has 0 aromatic carbocycles. The van der Waals surface area contributed by atoms with Gasteiger partial charge in [0, 0.05) is 19.3 Å². The van der Waals surface area contributed by atoms with E-state index in [1.165, 1.54) is 4.31 Å². The van der Waals surface area contributed by atoms with Gasteiger partial charge in [0.1, 0.15) is 0 Å². The van der Waals surface area contributed by atoms with Crippen molar-refractivity contribution in [3.8, 4) is 0 Å². The lowest BCUT2D eigenvalue weighted by atomic mass is 10.0. The van der Waals surface area contributed by atoms with E-state index in [1.54, 1.807) is 18.3 Å². The molecule has 19 heavy (non-hydrogen) atoms. The minimum atomic E-state index is -3.44. The molecule has 1 aliphatic heterocycles. The molecule has 1 atom stereocenters. The van der Waals surface area contributed by atoms with Gasteiger partial charge in [-0.15, -0.1) is 0 Å². The maximum Gasteiger partial charge on any atom is 0.279 e. The topological polar surface area (TPSA) is 88.3 Å². The average molecular weight is 284 g/mol. The molecule has 0 spiro atoms. The van der Waals surface area contributed by atoms with Crippen LogP contribution in [-0.2, 0) is 16.8 Å². The van der Waals surface area contributed by atoms with Gasteiger partial charge in [-0.05, 0) is 37.4 Å². The highest BCUT2D eigenvalue weighted by atomic mass is 32.2. The molecule has 0 radical (unpaired) electrons. The van der Waals surface area contributed by atoms with Crippen molar-refractivity contribution in [2.75, 3.05) is 19.6 Å². The molecule has 2 heterocycles. The molecule has 1 aromatic heterocycles. The monoisotopic (exact) mass is 284 g/mol. The molecule has 1 saturated heterocycles. The molecule has 1 unspecified atom stereocenters. The van der Waals surface area contributed by atoms with Crippen LogP contribution >= 0.6 is 0 Å². The Morgan fingerprint density at radius 2 is 2.32 bits per heavy atom. The van der Waals surface area contributed by atoms with Crippen molar-refractivity contribution in [2.45, 2.75) is 19.4 Å². The minimum Gasteiger partial charge on any atom is -0.330 e. The normalized spacial score (nSPS) is 21.4. The summed E-state index contributed by atoms with van der Waals surface area (Å²) in [4.78, 5) is 4.09. The van der Waals surface area contributed by atoms with Gasteiger partial charge in [-0.1, -0.05) is 6.07 Å². The zero-order valence-corrected chi connectivity index (χ0v) is 11.6. The Morgan fingerprint density at radius 1 is 1.47 bits per heavy atom. The second-order valence-corrected chi connectivity index (χ2v) is 6.50. The lowest BCUT2D eigenvalue weighted by Crippen LogP contribution is -2.47. The summed E-state index contributed by atoms with van der Waals surface area (Å²) in [6.45, 7) is 1.82. The van der Waals surface area contributed by atoms with Crippen LogP contribution in [-0.4, -0.2) is 37.3 Å². The zero-order chi connectivity index (χ0) is 13.7. The van der Waals surface area contributed by atoms with E-state index >= 15 is 0 Å². The van der Waals surface area contributed by atoms with Crippen molar-refractivity contribution >= 4 is 10.2 Å². The average Bonchev–Trinajstić information content (AvgIpc) is 2.46. The smallest absolute Gasteiger partial charge is 0.279 e. The number of hydrogen-bond donors (Lipinski definition) is 2. The molecule has 1 fully saturated rings. The predicted octanol–water partition coefficient (Wildman–Crippen LogP) is 0.0867. The van der Waals surface area contributed by atoms with Gasteiger partial charge in [0.15, 0.2) is 0 Å². The highest BCUT2D eigenvalue weighted by molar-refractivity contribution is 7.87. The van der Waals surface area contributed by atoms with E-state index in [4.69, 9.17) is 5.73 Å². The van der Waals surface area contributed by atoms with E-state index in [0.717, 1.165) is 12.8 Å². The Bertz CT molecular complexity index is 492. The first-order valence-electron chi connectivity index (χ1n) is 6.46. The van der Waals surface area contributed by atoms with Crippen LogP contribution in [0.15, 0.2) is 24.4 Å². The number of pyridine rings is 1. The Hall–Kier alpha value is -1.02. The number of nitrogens with one attached hydrogen (secondary N) is 1. The molecule has 2 rings (SSSR count). The number of nitrogens with zero attached hydrogens (tertiary/aromatic N) is 2. The van der Waals surface area contributed by atoms with Crippen molar-refractivity contribution < 1.29 is 8.42 Å². The van der Waals surface area contributed by atoms with E-state index in [2.05, 4.69) is 9.71 Å². The third-order valence-electron chi connectivity index (χ3n) is 3.32. The molecule has 106 valence electrons. The maximum atomic E-state index is 12.2. The van der Waals surface area contributed by atoms with Gasteiger partial charge in [0.2, 0.25) is 0 Å². The van der Waals surface area contributed by atoms with E-state index in [1.807, 2.05) is 6.07 Å². The van der Waals surface area contributed by atoms with Crippen LogP contribution in [0.5, 0.6) is 0 Å². The van der Waals surface area contributed by atoms with Crippen LogP contribution in [0.2, 0.25) is 0 Å². The maximum absolute atomic E-state index is 12.2. The van der Waals surface area contributed by atoms with Crippen LogP contribution in [0.1, 0.15) is 18.5 Å². The first-order valence-corrected chi connectivity index (χ1v) is 7.90. The third-order valence-corrected chi connectivity index (χ3v) is 4.84. The van der Waals surface area contributed by atoms with Crippen molar-refractivity contribution in [1.82, 2.24) is 14.0 Å². The lowest BCUT2D eigenvalue weighted by Gasteiger charge is -2.31. The van der Waals surface area contributed by atoms with Crippen LogP contribution in [0.25, 0.3) is 0 Å². The fraction of sp³-hybridized carbons (Fsp3) is 0.583. The van der Waals surface area contributed by atoms with Crippen molar-refractivity contribution in [1.29, 1.82) is 0 Å². The summed E-state index contributed by atoms with van der Waals surface area (Å²) >= 11 is 0. The number of nitrogens with two attached hydrogens (primary N) is 1. The van der Waals surface area contributed by atoms with Gasteiger partial charge in [-0.2, -0.15) is 17.4 Å². The Labute approximate surface area is 114 Å². The number of aromatic nitrogens is 1. The molecule has 1 aromatic rings. The summed E-state index contributed by atoms with van der Waals surface area (Å²) in [5, 5.41) is 0. The first kappa shape index (κ1) is 14.4. The van der Waals surface area contributed by atoms with E-state index in [-0.39, 0.29) is 12.5 Å². The standard InChI is InChI=1S/C12H20N4O2S/c13-8-11-4-3-7-16(10-11)19(17,18)15-9-12-5-1-2-6-14-12/h1-2,5-6,11,15H,3-4,7-10,13H2. The highest BCUT2D eigenvalue weighted by Crippen LogP contribution is 2.17. The second kappa shape index (κ2) is 6.42. The van der Waals surface area contributed by atoms with Gasteiger partial charge in [0.25, 0.3) is 10.2 Å². The van der Waals surface area contributed by atoms with Gasteiger partial charge >= 0.3 is 0 Å². The van der Waals surface area contributed by atoms with Crippen LogP contribution in [0.3, 0.4) is 0 Å². The Balaban J connectivity index is 1.94. The molecule has 0 aliphatic carbocycles. The largest absolute Gasteiger partial charge is 0.330 e. The molecular formula is C12H20N4O2S. The van der Waals surface area contributed by atoms with Gasteiger partial charge in [0.05, 0.1) is 12.2 Å². The first-order chi connectivity index (χ1) is 9.12. The lowest BCUT2D eigenvalue weighted by molar-refractivity contribution is 0.268. The summed E-state index contributed by atoms with van der Waals surface area (Å²) in [7, 11) is -3.44. The van der Waals surface area contributed by atoms with Gasteiger partial charge in [-0.25, -0.2) is 0 Å². The summed E-state index contributed by atoms with van der Waals surface area (Å²) < 4.78 is 28.4. The Kier molecular flexibility index (Phi) is 4.87. The molecule has 3 N–H and O–H groups in total. The second-order valence-electron chi connectivity index (χ2n) is 4.75. The fourth-order valence-electron chi connectivity index (χ4n) is 2.20. The summed E-state index contributed by atoms with van der Waals surface area (Å²) in [6, 6.07) is 5.43. The molecule has 0 bridgehead atoms.